The molecule has 2 N–H and O–H groups in total. The number of alkyl halides is 2. The first-order valence-electron chi connectivity index (χ1n) is 13.8. The third-order valence-corrected chi connectivity index (χ3v) is 9.11. The number of furan rings is 1. The predicted molar refractivity (Wildman–Crippen MR) is 150 cm³/mol. The Kier molecular flexibility index (Phi) is 9.30. The van der Waals surface area contributed by atoms with Gasteiger partial charge in [-0.05, 0) is 68.5 Å². The van der Waals surface area contributed by atoms with Crippen LogP contribution in [0.25, 0.3) is 11.0 Å². The zero-order valence-electron chi connectivity index (χ0n) is 24.1. The summed E-state index contributed by atoms with van der Waals surface area (Å²) in [5.74, 6) is -5.76. The molecule has 3 heterocycles. The third kappa shape index (κ3) is 7.42. The van der Waals surface area contributed by atoms with Crippen LogP contribution in [0.15, 0.2) is 52.0 Å². The first-order chi connectivity index (χ1) is 20.1. The van der Waals surface area contributed by atoms with E-state index in [2.05, 4.69) is 15.6 Å². The van der Waals surface area contributed by atoms with Crippen molar-refractivity contribution in [2.75, 3.05) is 6.54 Å². The smallest absolute Gasteiger partial charge is 0.287 e. The topological polar surface area (TPSA) is 139 Å². The highest BCUT2D eigenvalue weighted by molar-refractivity contribution is 7.89. The van der Waals surface area contributed by atoms with Crippen molar-refractivity contribution in [1.82, 2.24) is 19.9 Å². The number of pyridine rings is 1. The van der Waals surface area contributed by atoms with E-state index in [1.165, 1.54) is 24.3 Å². The quantitative estimate of drug-likeness (QED) is 0.366. The minimum Gasteiger partial charge on any atom is -0.451 e. The van der Waals surface area contributed by atoms with Crippen molar-refractivity contribution >= 4 is 38.6 Å². The van der Waals surface area contributed by atoms with E-state index in [0.29, 0.717) is 17.9 Å². The summed E-state index contributed by atoms with van der Waals surface area (Å²) in [4.78, 5) is 43.2. The van der Waals surface area contributed by atoms with Gasteiger partial charge in [-0.2, -0.15) is 4.31 Å². The van der Waals surface area contributed by atoms with Crippen LogP contribution in [-0.4, -0.2) is 60.0 Å². The molecule has 2 amide bonds. The van der Waals surface area contributed by atoms with Crippen molar-refractivity contribution in [2.45, 2.75) is 76.0 Å². The average Bonchev–Trinajstić information content (AvgIpc) is 3.29. The second kappa shape index (κ2) is 12.4. The summed E-state index contributed by atoms with van der Waals surface area (Å²) in [7, 11) is -4.32. The summed E-state index contributed by atoms with van der Waals surface area (Å²) in [5, 5.41) is 5.18. The van der Waals surface area contributed by atoms with Crippen molar-refractivity contribution in [1.29, 1.82) is 0 Å². The molecule has 43 heavy (non-hydrogen) atoms. The Morgan fingerprint density at radius 2 is 1.88 bits per heavy atom. The number of halogens is 3. The highest BCUT2D eigenvalue weighted by atomic mass is 32.2. The predicted octanol–water partition coefficient (Wildman–Crippen LogP) is 4.15. The molecule has 0 bridgehead atoms. The number of hydrogen-bond donors (Lipinski definition) is 2. The van der Waals surface area contributed by atoms with E-state index >= 15 is 0 Å². The molecule has 14 heteroatoms. The molecule has 1 aromatic carbocycles. The standard InChI is InChI=1S/C29H33F3N4O6S/c1-16(2)11-22(35-28(39)25-13-18-12-20(30)7-9-24(18)42-25)27(38)34-21-8-5-17(3)36(15-23(21)37)43(40,41)26-10-6-19(14-33-26)29(4,31)32/h6-7,9-10,12-14,16-17,21-22H,5,8,11,15H2,1-4H3,(H,34,38)(H,35,39). The van der Waals surface area contributed by atoms with Gasteiger partial charge in [-0.3, -0.25) is 14.4 Å². The molecule has 1 saturated heterocycles. The molecule has 3 unspecified atom stereocenters. The molecule has 232 valence electrons. The first kappa shape index (κ1) is 32.1. The molecule has 3 aromatic rings. The number of aromatic nitrogens is 1. The number of Topliss-reactive ketones (excluding diaryl/α,β-unsaturated/α-hetero) is 1. The van der Waals surface area contributed by atoms with Crippen molar-refractivity contribution in [3.05, 3.63) is 59.7 Å². The van der Waals surface area contributed by atoms with Crippen molar-refractivity contribution in [3.63, 3.8) is 0 Å². The van der Waals surface area contributed by atoms with E-state index in [9.17, 15) is 36.0 Å². The Morgan fingerprint density at radius 1 is 1.16 bits per heavy atom. The Morgan fingerprint density at radius 3 is 2.51 bits per heavy atom. The van der Waals surface area contributed by atoms with Gasteiger partial charge in [0.1, 0.15) is 17.4 Å². The largest absolute Gasteiger partial charge is 0.451 e. The number of hydrogen-bond acceptors (Lipinski definition) is 7. The third-order valence-electron chi connectivity index (χ3n) is 7.23. The van der Waals surface area contributed by atoms with Crippen molar-refractivity contribution in [3.8, 4) is 0 Å². The van der Waals surface area contributed by atoms with Crippen LogP contribution in [0.4, 0.5) is 13.2 Å². The maximum absolute atomic E-state index is 13.6. The molecular weight excluding hydrogens is 589 g/mol. The molecule has 2 aromatic heterocycles. The van der Waals surface area contributed by atoms with Gasteiger partial charge in [0.15, 0.2) is 16.6 Å². The van der Waals surface area contributed by atoms with Gasteiger partial charge in [0.2, 0.25) is 5.91 Å². The van der Waals surface area contributed by atoms with Crippen LogP contribution < -0.4 is 10.6 Å². The number of fused-ring (bicyclic) bond motifs is 1. The van der Waals surface area contributed by atoms with E-state index < -0.39 is 74.6 Å². The molecule has 4 rings (SSSR count). The van der Waals surface area contributed by atoms with Crippen LogP contribution >= 0.6 is 0 Å². The summed E-state index contributed by atoms with van der Waals surface area (Å²) < 4.78 is 73.8. The SMILES string of the molecule is CC(C)CC(NC(=O)c1cc2cc(F)ccc2o1)C(=O)NC1CCC(C)N(S(=O)(=O)c2ccc(C(C)(F)F)cn2)CC1=O. The summed E-state index contributed by atoms with van der Waals surface area (Å²) in [6.45, 7) is 5.39. The molecule has 1 aliphatic rings. The second-order valence-electron chi connectivity index (χ2n) is 11.2. The van der Waals surface area contributed by atoms with Gasteiger partial charge in [0, 0.05) is 30.1 Å². The molecule has 10 nitrogen and oxygen atoms in total. The van der Waals surface area contributed by atoms with E-state index in [-0.39, 0.29) is 30.9 Å². The van der Waals surface area contributed by atoms with Gasteiger partial charge in [-0.1, -0.05) is 13.8 Å². The number of nitrogens with zero attached hydrogens (tertiary/aromatic N) is 2. The lowest BCUT2D eigenvalue weighted by Crippen LogP contribution is -2.52. The second-order valence-corrected chi connectivity index (χ2v) is 13.1. The number of sulfonamides is 1. The van der Waals surface area contributed by atoms with Gasteiger partial charge in [0.25, 0.3) is 21.9 Å². The molecule has 1 aliphatic heterocycles. The molecule has 1 fully saturated rings. The monoisotopic (exact) mass is 622 g/mol. The molecule has 0 aliphatic carbocycles. The van der Waals surface area contributed by atoms with Gasteiger partial charge in [0.05, 0.1) is 12.6 Å². The highest BCUT2D eigenvalue weighted by Gasteiger charge is 2.38. The van der Waals surface area contributed by atoms with Gasteiger partial charge < -0.3 is 15.1 Å². The van der Waals surface area contributed by atoms with Crippen LogP contribution in [0.2, 0.25) is 0 Å². The van der Waals surface area contributed by atoms with Gasteiger partial charge in [-0.25, -0.2) is 26.6 Å². The normalized spacial score (nSPS) is 19.3. The number of ketones is 1. The molecular formula is C29H33F3N4O6S. The fourth-order valence-corrected chi connectivity index (χ4v) is 6.39. The summed E-state index contributed by atoms with van der Waals surface area (Å²) >= 11 is 0. The Bertz CT molecular complexity index is 1620. The van der Waals surface area contributed by atoms with Gasteiger partial charge in [-0.15, -0.1) is 0 Å². The molecule has 0 radical (unpaired) electrons. The number of benzene rings is 1. The van der Waals surface area contributed by atoms with E-state index in [4.69, 9.17) is 4.42 Å². The molecule has 0 saturated carbocycles. The van der Waals surface area contributed by atoms with E-state index in [1.807, 2.05) is 13.8 Å². The number of nitrogens with one attached hydrogen (secondary N) is 2. The summed E-state index contributed by atoms with van der Waals surface area (Å²) in [6.07, 6.45) is 1.34. The van der Waals surface area contributed by atoms with Gasteiger partial charge >= 0.3 is 0 Å². The first-order valence-corrected chi connectivity index (χ1v) is 15.2. The fraction of sp³-hybridized carbons (Fsp3) is 0.448. The highest BCUT2D eigenvalue weighted by Crippen LogP contribution is 2.28. The summed E-state index contributed by atoms with van der Waals surface area (Å²) in [6, 6.07) is 4.35. The number of amides is 2. The zero-order valence-corrected chi connectivity index (χ0v) is 24.9. The zero-order chi connectivity index (χ0) is 31.7. The van der Waals surface area contributed by atoms with E-state index in [1.54, 1.807) is 6.92 Å². The molecule has 3 atom stereocenters. The minimum absolute atomic E-state index is 0.0298. The molecule has 0 spiro atoms. The van der Waals surface area contributed by atoms with Crippen molar-refractivity contribution < 1.29 is 40.4 Å². The fourth-order valence-electron chi connectivity index (χ4n) is 4.85. The Balaban J connectivity index is 1.47. The van der Waals surface area contributed by atoms with Crippen LogP contribution in [-0.2, 0) is 25.5 Å². The lowest BCUT2D eigenvalue weighted by molar-refractivity contribution is -0.129. The Labute approximate surface area is 247 Å². The minimum atomic E-state index is -4.32. The van der Waals surface area contributed by atoms with Crippen LogP contribution in [0.5, 0.6) is 0 Å². The lowest BCUT2D eigenvalue weighted by atomic mass is 10.0. The van der Waals surface area contributed by atoms with Crippen LogP contribution in [0.1, 0.15) is 63.1 Å². The van der Waals surface area contributed by atoms with Crippen LogP contribution in [0.3, 0.4) is 0 Å². The number of carbonyl (C=O) groups excluding carboxylic acids is 3. The average molecular weight is 623 g/mol. The number of rotatable bonds is 9. The van der Waals surface area contributed by atoms with Crippen LogP contribution in [0, 0.1) is 11.7 Å². The van der Waals surface area contributed by atoms with E-state index in [0.717, 1.165) is 22.6 Å². The summed E-state index contributed by atoms with van der Waals surface area (Å²) in [5.41, 5.74) is -0.157. The lowest BCUT2D eigenvalue weighted by Gasteiger charge is -2.25. The maximum atomic E-state index is 13.6. The maximum Gasteiger partial charge on any atom is 0.287 e. The Hall–Kier alpha value is -3.78. The van der Waals surface area contributed by atoms with Crippen molar-refractivity contribution in [2.24, 2.45) is 5.92 Å². The number of carbonyl (C=O) groups is 3.